The first-order valence-electron chi connectivity index (χ1n) is 7.40. The van der Waals surface area contributed by atoms with Crippen molar-refractivity contribution in [2.24, 2.45) is 5.84 Å². The molecule has 3 rings (SSSR count). The zero-order chi connectivity index (χ0) is 13.3. The molecular formula is C16H24N2O. The van der Waals surface area contributed by atoms with Gasteiger partial charge in [-0.05, 0) is 49.1 Å². The highest BCUT2D eigenvalue weighted by atomic mass is 16.5. The van der Waals surface area contributed by atoms with Crippen molar-refractivity contribution in [2.75, 3.05) is 7.11 Å². The fourth-order valence-electron chi connectivity index (χ4n) is 3.42. The minimum absolute atomic E-state index is 0.103. The van der Waals surface area contributed by atoms with Gasteiger partial charge in [0, 0.05) is 7.11 Å². The molecule has 0 bridgehead atoms. The van der Waals surface area contributed by atoms with Crippen molar-refractivity contribution in [1.29, 1.82) is 0 Å². The summed E-state index contributed by atoms with van der Waals surface area (Å²) in [5, 5.41) is 0. The SMILES string of the molecule is COC1(C(NN)c2cccc(C3CCC3)c2)CCC1. The van der Waals surface area contributed by atoms with E-state index in [1.165, 1.54) is 36.8 Å². The Hall–Kier alpha value is -0.900. The number of hydrogen-bond donors (Lipinski definition) is 2. The molecule has 19 heavy (non-hydrogen) atoms. The van der Waals surface area contributed by atoms with E-state index in [1.807, 2.05) is 0 Å². The van der Waals surface area contributed by atoms with Gasteiger partial charge in [0.2, 0.25) is 0 Å². The molecule has 0 radical (unpaired) electrons. The Morgan fingerprint density at radius 3 is 2.58 bits per heavy atom. The van der Waals surface area contributed by atoms with Crippen molar-refractivity contribution < 1.29 is 4.74 Å². The first-order valence-corrected chi connectivity index (χ1v) is 7.40. The van der Waals surface area contributed by atoms with Gasteiger partial charge >= 0.3 is 0 Å². The van der Waals surface area contributed by atoms with Crippen LogP contribution in [0.4, 0.5) is 0 Å². The number of ether oxygens (including phenoxy) is 1. The van der Waals surface area contributed by atoms with Crippen molar-refractivity contribution >= 4 is 0 Å². The molecule has 0 heterocycles. The third kappa shape index (κ3) is 2.20. The van der Waals surface area contributed by atoms with Crippen LogP contribution in [0, 0.1) is 0 Å². The van der Waals surface area contributed by atoms with Crippen molar-refractivity contribution in [3.63, 3.8) is 0 Å². The van der Waals surface area contributed by atoms with Crippen LogP contribution >= 0.6 is 0 Å². The van der Waals surface area contributed by atoms with Crippen molar-refractivity contribution in [2.45, 2.75) is 56.1 Å². The van der Waals surface area contributed by atoms with Crippen LogP contribution in [-0.2, 0) is 4.74 Å². The van der Waals surface area contributed by atoms with Crippen LogP contribution in [0.15, 0.2) is 24.3 Å². The molecule has 2 aliphatic carbocycles. The van der Waals surface area contributed by atoms with Crippen molar-refractivity contribution in [3.05, 3.63) is 35.4 Å². The molecule has 3 N–H and O–H groups in total. The lowest BCUT2D eigenvalue weighted by atomic mass is 9.71. The van der Waals surface area contributed by atoms with Gasteiger partial charge in [-0.1, -0.05) is 30.7 Å². The van der Waals surface area contributed by atoms with Crippen LogP contribution in [0.2, 0.25) is 0 Å². The number of benzene rings is 1. The highest BCUT2D eigenvalue weighted by Gasteiger charge is 2.45. The molecule has 0 aromatic heterocycles. The van der Waals surface area contributed by atoms with Gasteiger partial charge in [0.15, 0.2) is 0 Å². The topological polar surface area (TPSA) is 47.3 Å². The molecule has 3 nitrogen and oxygen atoms in total. The summed E-state index contributed by atoms with van der Waals surface area (Å²) < 4.78 is 5.78. The molecule has 2 saturated carbocycles. The Morgan fingerprint density at radius 1 is 1.32 bits per heavy atom. The van der Waals surface area contributed by atoms with Crippen LogP contribution < -0.4 is 11.3 Å². The van der Waals surface area contributed by atoms with E-state index in [4.69, 9.17) is 10.6 Å². The molecule has 2 aliphatic rings. The highest BCUT2D eigenvalue weighted by molar-refractivity contribution is 5.31. The minimum atomic E-state index is -0.104. The molecular weight excluding hydrogens is 236 g/mol. The molecule has 0 aliphatic heterocycles. The Morgan fingerprint density at radius 2 is 2.11 bits per heavy atom. The predicted molar refractivity (Wildman–Crippen MR) is 76.7 cm³/mol. The maximum Gasteiger partial charge on any atom is 0.0885 e. The van der Waals surface area contributed by atoms with Crippen LogP contribution in [0.1, 0.15) is 61.6 Å². The smallest absolute Gasteiger partial charge is 0.0885 e. The summed E-state index contributed by atoms with van der Waals surface area (Å²) in [7, 11) is 1.80. The van der Waals surface area contributed by atoms with Gasteiger partial charge in [-0.3, -0.25) is 11.3 Å². The molecule has 1 aromatic rings. The zero-order valence-electron chi connectivity index (χ0n) is 11.7. The zero-order valence-corrected chi connectivity index (χ0v) is 11.7. The van der Waals surface area contributed by atoms with E-state index in [0.29, 0.717) is 0 Å². The predicted octanol–water partition coefficient (Wildman–Crippen LogP) is 3.03. The normalized spacial score (nSPS) is 23.5. The second kappa shape index (κ2) is 5.23. The molecule has 2 fully saturated rings. The second-order valence-corrected chi connectivity index (χ2v) is 6.02. The molecule has 1 unspecified atom stereocenters. The molecule has 1 atom stereocenters. The Balaban J connectivity index is 1.86. The van der Waals surface area contributed by atoms with E-state index in [0.717, 1.165) is 18.8 Å². The largest absolute Gasteiger partial charge is 0.376 e. The van der Waals surface area contributed by atoms with E-state index in [1.54, 1.807) is 7.11 Å². The number of rotatable bonds is 5. The number of hydrogen-bond acceptors (Lipinski definition) is 3. The Bertz CT molecular complexity index is 433. The molecule has 1 aromatic carbocycles. The molecule has 0 amide bonds. The molecule has 0 saturated heterocycles. The summed E-state index contributed by atoms with van der Waals surface area (Å²) in [5.41, 5.74) is 5.62. The number of hydrazine groups is 1. The first-order chi connectivity index (χ1) is 9.29. The van der Waals surface area contributed by atoms with Gasteiger partial charge in [0.25, 0.3) is 0 Å². The van der Waals surface area contributed by atoms with Crippen molar-refractivity contribution in [3.8, 4) is 0 Å². The van der Waals surface area contributed by atoms with E-state index < -0.39 is 0 Å². The van der Waals surface area contributed by atoms with Crippen LogP contribution in [-0.4, -0.2) is 12.7 Å². The monoisotopic (exact) mass is 260 g/mol. The van der Waals surface area contributed by atoms with Gasteiger partial charge in [-0.2, -0.15) is 0 Å². The van der Waals surface area contributed by atoms with Crippen LogP contribution in [0.3, 0.4) is 0 Å². The summed E-state index contributed by atoms with van der Waals surface area (Å²) in [6.07, 6.45) is 7.45. The first kappa shape index (κ1) is 13.1. The highest BCUT2D eigenvalue weighted by Crippen LogP contribution is 2.45. The minimum Gasteiger partial charge on any atom is -0.376 e. The summed E-state index contributed by atoms with van der Waals surface area (Å²) in [5.74, 6) is 6.58. The average Bonchev–Trinajstić information content (AvgIpc) is 2.32. The second-order valence-electron chi connectivity index (χ2n) is 6.02. The standard InChI is InChI=1S/C16H24N2O/c1-19-16(9-4-10-16)15(18-17)14-8-3-7-13(11-14)12-5-2-6-12/h3,7-8,11-12,15,18H,2,4-6,9-10,17H2,1H3. The summed E-state index contributed by atoms with van der Waals surface area (Å²) in [4.78, 5) is 0. The third-order valence-corrected chi connectivity index (χ3v) is 5.12. The van der Waals surface area contributed by atoms with Gasteiger partial charge in [-0.25, -0.2) is 0 Å². The number of nitrogens with one attached hydrogen (secondary N) is 1. The summed E-state index contributed by atoms with van der Waals surface area (Å²) in [6, 6.07) is 9.02. The van der Waals surface area contributed by atoms with Crippen LogP contribution in [0.25, 0.3) is 0 Å². The molecule has 104 valence electrons. The van der Waals surface area contributed by atoms with Gasteiger partial charge in [0.1, 0.15) is 0 Å². The van der Waals surface area contributed by atoms with Crippen molar-refractivity contribution in [1.82, 2.24) is 5.43 Å². The summed E-state index contributed by atoms with van der Waals surface area (Å²) in [6.45, 7) is 0. The van der Waals surface area contributed by atoms with E-state index in [9.17, 15) is 0 Å². The van der Waals surface area contributed by atoms with E-state index in [-0.39, 0.29) is 11.6 Å². The lowest BCUT2D eigenvalue weighted by molar-refractivity contribution is -0.0999. The summed E-state index contributed by atoms with van der Waals surface area (Å²) >= 11 is 0. The van der Waals surface area contributed by atoms with E-state index >= 15 is 0 Å². The maximum absolute atomic E-state index is 5.82. The molecule has 3 heteroatoms. The fourth-order valence-corrected chi connectivity index (χ4v) is 3.42. The van der Waals surface area contributed by atoms with Gasteiger partial charge in [-0.15, -0.1) is 0 Å². The molecule has 0 spiro atoms. The Kier molecular flexibility index (Phi) is 3.61. The maximum atomic E-state index is 5.82. The fraction of sp³-hybridized carbons (Fsp3) is 0.625. The quantitative estimate of drug-likeness (QED) is 0.632. The van der Waals surface area contributed by atoms with Gasteiger partial charge < -0.3 is 4.74 Å². The number of nitrogens with two attached hydrogens (primary N) is 1. The Labute approximate surface area is 115 Å². The lowest BCUT2D eigenvalue weighted by Crippen LogP contribution is -2.52. The van der Waals surface area contributed by atoms with E-state index in [2.05, 4.69) is 29.7 Å². The lowest BCUT2D eigenvalue weighted by Gasteiger charge is -2.46. The van der Waals surface area contributed by atoms with Crippen LogP contribution in [0.5, 0.6) is 0 Å². The number of methoxy groups -OCH3 is 1. The van der Waals surface area contributed by atoms with Gasteiger partial charge in [0.05, 0.1) is 11.6 Å². The third-order valence-electron chi connectivity index (χ3n) is 5.12. The average molecular weight is 260 g/mol.